The second kappa shape index (κ2) is 6.63. The maximum Gasteiger partial charge on any atom is 0.267 e. The zero-order valence-electron chi connectivity index (χ0n) is 14.3. The zero-order chi connectivity index (χ0) is 17.2. The SMILES string of the molecule is Cc1[nH][nH]c(=O)c1Cc1ccc2c(c1)CCC(Cc1ccccc1)O2. The van der Waals surface area contributed by atoms with Crippen LogP contribution in [-0.4, -0.2) is 16.3 Å². The summed E-state index contributed by atoms with van der Waals surface area (Å²) in [5, 5.41) is 5.53. The van der Waals surface area contributed by atoms with E-state index in [1.807, 2.05) is 13.0 Å². The summed E-state index contributed by atoms with van der Waals surface area (Å²) in [4.78, 5) is 11.8. The van der Waals surface area contributed by atoms with Crippen molar-refractivity contribution in [1.82, 2.24) is 10.2 Å². The molecule has 4 nitrogen and oxygen atoms in total. The normalized spacial score (nSPS) is 16.3. The van der Waals surface area contributed by atoms with Crippen molar-refractivity contribution in [2.24, 2.45) is 0 Å². The van der Waals surface area contributed by atoms with Gasteiger partial charge in [-0.25, -0.2) is 0 Å². The molecule has 4 heteroatoms. The van der Waals surface area contributed by atoms with Crippen LogP contribution in [0.3, 0.4) is 0 Å². The molecule has 0 radical (unpaired) electrons. The van der Waals surface area contributed by atoms with E-state index in [0.717, 1.165) is 41.8 Å². The average Bonchev–Trinajstić information content (AvgIpc) is 2.95. The number of hydrogen-bond donors (Lipinski definition) is 2. The van der Waals surface area contributed by atoms with E-state index in [4.69, 9.17) is 4.74 Å². The largest absolute Gasteiger partial charge is 0.490 e. The van der Waals surface area contributed by atoms with Crippen molar-refractivity contribution in [3.63, 3.8) is 0 Å². The summed E-state index contributed by atoms with van der Waals surface area (Å²) >= 11 is 0. The molecule has 25 heavy (non-hydrogen) atoms. The highest BCUT2D eigenvalue weighted by Gasteiger charge is 2.20. The van der Waals surface area contributed by atoms with E-state index in [9.17, 15) is 4.79 Å². The Morgan fingerprint density at radius 2 is 1.92 bits per heavy atom. The van der Waals surface area contributed by atoms with E-state index in [1.54, 1.807) is 0 Å². The minimum atomic E-state index is -0.0330. The lowest BCUT2D eigenvalue weighted by Gasteiger charge is -2.26. The molecule has 0 aliphatic carbocycles. The first-order chi connectivity index (χ1) is 12.2. The molecule has 1 aliphatic heterocycles. The third-order valence-corrected chi connectivity index (χ3v) is 4.93. The molecule has 1 aromatic heterocycles. The zero-order valence-corrected chi connectivity index (χ0v) is 14.3. The lowest BCUT2D eigenvalue weighted by Crippen LogP contribution is -2.25. The quantitative estimate of drug-likeness (QED) is 0.767. The van der Waals surface area contributed by atoms with Crippen LogP contribution in [0.4, 0.5) is 0 Å². The summed E-state index contributed by atoms with van der Waals surface area (Å²) in [5.41, 5.74) is 5.38. The van der Waals surface area contributed by atoms with Gasteiger partial charge in [0, 0.05) is 24.1 Å². The number of fused-ring (bicyclic) bond motifs is 1. The fourth-order valence-electron chi connectivity index (χ4n) is 3.52. The van der Waals surface area contributed by atoms with Crippen molar-refractivity contribution >= 4 is 0 Å². The van der Waals surface area contributed by atoms with Gasteiger partial charge in [-0.05, 0) is 42.5 Å². The van der Waals surface area contributed by atoms with Crippen molar-refractivity contribution in [1.29, 1.82) is 0 Å². The number of nitrogens with one attached hydrogen (secondary N) is 2. The number of rotatable bonds is 4. The summed E-state index contributed by atoms with van der Waals surface area (Å²) in [6.45, 7) is 1.92. The maximum absolute atomic E-state index is 11.8. The average molecular weight is 334 g/mol. The highest BCUT2D eigenvalue weighted by atomic mass is 16.5. The number of aryl methyl sites for hydroxylation is 2. The highest BCUT2D eigenvalue weighted by molar-refractivity contribution is 5.41. The van der Waals surface area contributed by atoms with Gasteiger partial charge in [0.15, 0.2) is 0 Å². The maximum atomic E-state index is 11.8. The topological polar surface area (TPSA) is 57.9 Å². The van der Waals surface area contributed by atoms with Crippen molar-refractivity contribution < 1.29 is 4.74 Å². The van der Waals surface area contributed by atoms with E-state index in [0.29, 0.717) is 6.42 Å². The number of benzene rings is 2. The molecule has 2 N–H and O–H groups in total. The molecule has 1 aliphatic rings. The molecule has 4 rings (SSSR count). The molecule has 1 atom stereocenters. The Morgan fingerprint density at radius 1 is 1.08 bits per heavy atom. The third-order valence-electron chi connectivity index (χ3n) is 4.93. The molecule has 2 aromatic carbocycles. The van der Waals surface area contributed by atoms with E-state index >= 15 is 0 Å². The van der Waals surface area contributed by atoms with E-state index in [-0.39, 0.29) is 11.7 Å². The second-order valence-corrected chi connectivity index (χ2v) is 6.77. The minimum Gasteiger partial charge on any atom is -0.490 e. The first-order valence-electron chi connectivity index (χ1n) is 8.77. The van der Waals surface area contributed by atoms with Crippen molar-refractivity contribution in [2.75, 3.05) is 0 Å². The summed E-state index contributed by atoms with van der Waals surface area (Å²) in [7, 11) is 0. The summed E-state index contributed by atoms with van der Waals surface area (Å²) in [6.07, 6.45) is 3.86. The molecule has 0 spiro atoms. The Bertz CT molecular complexity index is 925. The van der Waals surface area contributed by atoms with Crippen LogP contribution in [0.2, 0.25) is 0 Å². The Balaban J connectivity index is 1.48. The molecule has 3 aromatic rings. The molecular weight excluding hydrogens is 312 g/mol. The minimum absolute atomic E-state index is 0.0330. The van der Waals surface area contributed by atoms with Crippen molar-refractivity contribution in [3.05, 3.63) is 86.8 Å². The van der Waals surface area contributed by atoms with Gasteiger partial charge in [-0.3, -0.25) is 9.89 Å². The molecule has 0 amide bonds. The molecule has 0 saturated heterocycles. The predicted octanol–water partition coefficient (Wildman–Crippen LogP) is 3.54. The van der Waals surface area contributed by atoms with Crippen LogP contribution in [0.1, 0.15) is 34.4 Å². The van der Waals surface area contributed by atoms with Crippen LogP contribution in [-0.2, 0) is 19.3 Å². The third kappa shape index (κ3) is 3.38. The number of H-pyrrole nitrogens is 2. The summed E-state index contributed by atoms with van der Waals surface area (Å²) in [5.74, 6) is 0.982. The number of aromatic amines is 2. The van der Waals surface area contributed by atoms with Crippen molar-refractivity contribution in [2.45, 2.75) is 38.7 Å². The van der Waals surface area contributed by atoms with Gasteiger partial charge in [-0.1, -0.05) is 42.5 Å². The highest BCUT2D eigenvalue weighted by Crippen LogP contribution is 2.30. The van der Waals surface area contributed by atoms with E-state index < -0.39 is 0 Å². The van der Waals surface area contributed by atoms with Gasteiger partial charge in [-0.2, -0.15) is 0 Å². The van der Waals surface area contributed by atoms with Crippen LogP contribution in [0, 0.1) is 6.92 Å². The molecule has 0 fully saturated rings. The lowest BCUT2D eigenvalue weighted by molar-refractivity contribution is 0.174. The van der Waals surface area contributed by atoms with Gasteiger partial charge in [0.05, 0.1) is 0 Å². The van der Waals surface area contributed by atoms with Gasteiger partial charge < -0.3 is 9.84 Å². The second-order valence-electron chi connectivity index (χ2n) is 6.77. The van der Waals surface area contributed by atoms with Crippen molar-refractivity contribution in [3.8, 4) is 5.75 Å². The number of aromatic nitrogens is 2. The first-order valence-corrected chi connectivity index (χ1v) is 8.77. The van der Waals surface area contributed by atoms with Gasteiger partial charge in [0.25, 0.3) is 5.56 Å². The number of hydrogen-bond acceptors (Lipinski definition) is 2. The van der Waals surface area contributed by atoms with Gasteiger partial charge in [0.1, 0.15) is 11.9 Å². The van der Waals surface area contributed by atoms with Crippen LogP contribution < -0.4 is 10.3 Å². The van der Waals surface area contributed by atoms with Gasteiger partial charge in [-0.15, -0.1) is 0 Å². The molecular formula is C21H22N2O2. The Labute approximate surface area is 146 Å². The summed E-state index contributed by atoms with van der Waals surface area (Å²) < 4.78 is 6.20. The Hall–Kier alpha value is -2.75. The molecule has 1 unspecified atom stereocenters. The van der Waals surface area contributed by atoms with E-state index in [2.05, 4.69) is 52.7 Å². The molecule has 0 saturated carbocycles. The Morgan fingerprint density at radius 3 is 2.68 bits per heavy atom. The monoisotopic (exact) mass is 334 g/mol. The van der Waals surface area contributed by atoms with Gasteiger partial charge >= 0.3 is 0 Å². The summed E-state index contributed by atoms with van der Waals surface area (Å²) in [6, 6.07) is 16.8. The van der Waals surface area contributed by atoms with Crippen LogP contribution in [0.25, 0.3) is 0 Å². The lowest BCUT2D eigenvalue weighted by atomic mass is 9.95. The van der Waals surface area contributed by atoms with Crippen LogP contribution in [0.5, 0.6) is 5.75 Å². The molecule has 2 heterocycles. The number of ether oxygens (including phenoxy) is 1. The smallest absolute Gasteiger partial charge is 0.267 e. The first kappa shape index (κ1) is 15.8. The fourth-order valence-corrected chi connectivity index (χ4v) is 3.52. The fraction of sp³-hybridized carbons (Fsp3) is 0.286. The Kier molecular flexibility index (Phi) is 4.18. The molecule has 0 bridgehead atoms. The van der Waals surface area contributed by atoms with Crippen LogP contribution >= 0.6 is 0 Å². The van der Waals surface area contributed by atoms with Gasteiger partial charge in [0.2, 0.25) is 0 Å². The predicted molar refractivity (Wildman–Crippen MR) is 98.3 cm³/mol. The van der Waals surface area contributed by atoms with E-state index in [1.165, 1.54) is 11.1 Å². The van der Waals surface area contributed by atoms with Crippen LogP contribution in [0.15, 0.2) is 53.3 Å². The molecule has 128 valence electrons. The standard InChI is InChI=1S/C21H22N2O2/c1-14-19(21(24)23-22-14)13-16-7-10-20-17(11-16)8-9-18(25-20)12-15-5-3-2-4-6-15/h2-7,10-11,18H,8-9,12-13H2,1H3,(H2,22,23,24).